The first-order valence-corrected chi connectivity index (χ1v) is 7.71. The Bertz CT molecular complexity index is 979. The second-order valence-electron chi connectivity index (χ2n) is 6.12. The molecule has 0 spiro atoms. The summed E-state index contributed by atoms with van der Waals surface area (Å²) in [5.41, 5.74) is -2.57. The van der Waals surface area contributed by atoms with Gasteiger partial charge in [0.05, 0.1) is 6.54 Å². The lowest BCUT2D eigenvalue weighted by molar-refractivity contribution is -0.130. The molecule has 5 nitrogen and oxygen atoms in total. The van der Waals surface area contributed by atoms with Crippen molar-refractivity contribution in [2.45, 2.75) is 12.5 Å². The van der Waals surface area contributed by atoms with E-state index in [4.69, 9.17) is 0 Å². The predicted octanol–water partition coefficient (Wildman–Crippen LogP) is 2.89. The van der Waals surface area contributed by atoms with Crippen molar-refractivity contribution in [3.8, 4) is 0 Å². The number of hydrogen-bond acceptors (Lipinski definition) is 3. The van der Waals surface area contributed by atoms with Crippen molar-refractivity contribution in [2.24, 2.45) is 0 Å². The zero-order valence-electron chi connectivity index (χ0n) is 13.9. The molecule has 1 saturated heterocycles. The number of hydrogen-bond donors (Lipinski definition) is 1. The van der Waals surface area contributed by atoms with Gasteiger partial charge in [0, 0.05) is 11.1 Å². The number of benzene rings is 2. The minimum absolute atomic E-state index is 0.250. The Kier molecular flexibility index (Phi) is 4.46. The van der Waals surface area contributed by atoms with E-state index in [1.807, 2.05) is 0 Å². The van der Waals surface area contributed by atoms with Crippen LogP contribution in [0.25, 0.3) is 0 Å². The minimum Gasteiger partial charge on any atom is -0.319 e. The first-order chi connectivity index (χ1) is 12.6. The highest BCUT2D eigenvalue weighted by atomic mass is 19.2. The average Bonchev–Trinajstić information content (AvgIpc) is 2.83. The van der Waals surface area contributed by atoms with Gasteiger partial charge >= 0.3 is 6.03 Å². The van der Waals surface area contributed by atoms with E-state index in [1.54, 1.807) is 0 Å². The number of nitrogens with zero attached hydrogens (tertiary/aromatic N) is 1. The van der Waals surface area contributed by atoms with Crippen LogP contribution in [0.3, 0.4) is 0 Å². The van der Waals surface area contributed by atoms with Crippen molar-refractivity contribution < 1.29 is 31.9 Å². The Morgan fingerprint density at radius 1 is 1.00 bits per heavy atom. The van der Waals surface area contributed by atoms with Gasteiger partial charge in [-0.2, -0.15) is 0 Å². The molecule has 0 aliphatic carbocycles. The molecule has 0 bridgehead atoms. The third-order valence-electron chi connectivity index (χ3n) is 4.29. The van der Waals surface area contributed by atoms with Gasteiger partial charge in [-0.1, -0.05) is 0 Å². The fraction of sp³-hybridized carbons (Fsp3) is 0.167. The van der Waals surface area contributed by atoms with Crippen LogP contribution in [-0.4, -0.2) is 29.2 Å². The lowest BCUT2D eigenvalue weighted by atomic mass is 9.91. The number of halogens is 4. The van der Waals surface area contributed by atoms with Gasteiger partial charge in [-0.3, -0.25) is 14.5 Å². The normalized spacial score (nSPS) is 19.4. The molecule has 1 aliphatic rings. The molecule has 2 aromatic rings. The molecule has 3 amide bonds. The summed E-state index contributed by atoms with van der Waals surface area (Å²) < 4.78 is 53.8. The van der Waals surface area contributed by atoms with E-state index >= 15 is 0 Å². The summed E-state index contributed by atoms with van der Waals surface area (Å²) >= 11 is 0. The van der Waals surface area contributed by atoms with Crippen LogP contribution in [0.1, 0.15) is 22.8 Å². The monoisotopic (exact) mass is 380 g/mol. The number of carbonyl (C=O) groups excluding carboxylic acids is 3. The average molecular weight is 380 g/mol. The molecular weight excluding hydrogens is 368 g/mol. The van der Waals surface area contributed by atoms with E-state index in [1.165, 1.54) is 6.92 Å². The Labute approximate surface area is 150 Å². The first-order valence-electron chi connectivity index (χ1n) is 7.71. The maximum Gasteiger partial charge on any atom is 0.325 e. The molecule has 27 heavy (non-hydrogen) atoms. The van der Waals surface area contributed by atoms with Gasteiger partial charge in [0.2, 0.25) is 0 Å². The van der Waals surface area contributed by atoms with E-state index < -0.39 is 58.6 Å². The summed E-state index contributed by atoms with van der Waals surface area (Å²) in [6, 6.07) is 3.82. The maximum absolute atomic E-state index is 14.1. The van der Waals surface area contributed by atoms with Crippen molar-refractivity contribution in [1.82, 2.24) is 10.2 Å². The van der Waals surface area contributed by atoms with Crippen LogP contribution in [0, 0.1) is 23.3 Å². The molecule has 140 valence electrons. The smallest absolute Gasteiger partial charge is 0.319 e. The van der Waals surface area contributed by atoms with Crippen LogP contribution in [0.2, 0.25) is 0 Å². The fourth-order valence-corrected chi connectivity index (χ4v) is 2.81. The minimum atomic E-state index is -1.92. The number of imide groups is 1. The van der Waals surface area contributed by atoms with Crippen LogP contribution >= 0.6 is 0 Å². The summed E-state index contributed by atoms with van der Waals surface area (Å²) in [5.74, 6) is -5.96. The van der Waals surface area contributed by atoms with E-state index in [0.29, 0.717) is 11.0 Å². The highest BCUT2D eigenvalue weighted by Crippen LogP contribution is 2.31. The molecule has 0 saturated carbocycles. The first kappa shape index (κ1) is 18.6. The van der Waals surface area contributed by atoms with Crippen LogP contribution < -0.4 is 5.32 Å². The van der Waals surface area contributed by atoms with Crippen molar-refractivity contribution in [3.05, 3.63) is 70.8 Å². The summed E-state index contributed by atoms with van der Waals surface area (Å²) in [5, 5.41) is 2.24. The Balaban J connectivity index is 1.89. The number of urea groups is 1. The van der Waals surface area contributed by atoms with Gasteiger partial charge in [-0.25, -0.2) is 22.4 Å². The zero-order chi connectivity index (χ0) is 19.9. The van der Waals surface area contributed by atoms with Gasteiger partial charge in [0.15, 0.2) is 17.4 Å². The Morgan fingerprint density at radius 3 is 2.33 bits per heavy atom. The maximum atomic E-state index is 14.1. The summed E-state index contributed by atoms with van der Waals surface area (Å²) in [7, 11) is 0. The van der Waals surface area contributed by atoms with Gasteiger partial charge in [0.1, 0.15) is 17.2 Å². The van der Waals surface area contributed by atoms with Crippen molar-refractivity contribution in [1.29, 1.82) is 0 Å². The number of amides is 3. The Hall–Kier alpha value is -3.23. The van der Waals surface area contributed by atoms with Crippen molar-refractivity contribution in [2.75, 3.05) is 6.54 Å². The standard InChI is InChI=1S/C18H12F4N2O3/c1-18(11-7-10(19)3-5-12(11)20)16(26)24(17(27)23-18)8-15(25)9-2-4-13(21)14(22)6-9/h2-7H,8H2,1H3,(H,23,27)/t18-/m1/s1. The molecular formula is C18H12F4N2O3. The number of nitrogens with one attached hydrogen (secondary N) is 1. The third-order valence-corrected chi connectivity index (χ3v) is 4.29. The predicted molar refractivity (Wildman–Crippen MR) is 84.6 cm³/mol. The number of rotatable bonds is 4. The van der Waals surface area contributed by atoms with Gasteiger partial charge in [-0.15, -0.1) is 0 Å². The van der Waals surface area contributed by atoms with Crippen LogP contribution in [0.4, 0.5) is 22.4 Å². The summed E-state index contributed by atoms with van der Waals surface area (Å²) in [4.78, 5) is 37.5. The van der Waals surface area contributed by atoms with E-state index in [2.05, 4.69) is 5.32 Å². The molecule has 1 aliphatic heterocycles. The highest BCUT2D eigenvalue weighted by molar-refractivity contribution is 6.11. The molecule has 9 heteroatoms. The zero-order valence-corrected chi connectivity index (χ0v) is 13.9. The Morgan fingerprint density at radius 2 is 1.67 bits per heavy atom. The van der Waals surface area contributed by atoms with E-state index in [0.717, 1.165) is 30.3 Å². The van der Waals surface area contributed by atoms with E-state index in [-0.39, 0.29) is 5.56 Å². The van der Waals surface area contributed by atoms with E-state index in [9.17, 15) is 31.9 Å². The molecule has 1 atom stereocenters. The molecule has 0 unspecified atom stereocenters. The summed E-state index contributed by atoms with van der Waals surface area (Å²) in [6.45, 7) is 0.398. The lowest BCUT2D eigenvalue weighted by Gasteiger charge is -2.22. The van der Waals surface area contributed by atoms with Gasteiger partial charge in [0.25, 0.3) is 5.91 Å². The molecule has 1 fully saturated rings. The highest BCUT2D eigenvalue weighted by Gasteiger charge is 2.50. The quantitative estimate of drug-likeness (QED) is 0.504. The molecule has 2 aromatic carbocycles. The van der Waals surface area contributed by atoms with Gasteiger partial charge in [-0.05, 0) is 43.3 Å². The van der Waals surface area contributed by atoms with Crippen LogP contribution in [0.15, 0.2) is 36.4 Å². The molecule has 1 N–H and O–H groups in total. The lowest BCUT2D eigenvalue weighted by Crippen LogP contribution is -2.42. The second kappa shape index (κ2) is 6.49. The number of ketones is 1. The van der Waals surface area contributed by atoms with Crippen molar-refractivity contribution in [3.63, 3.8) is 0 Å². The second-order valence-corrected chi connectivity index (χ2v) is 6.12. The number of carbonyl (C=O) groups is 3. The van der Waals surface area contributed by atoms with Gasteiger partial charge < -0.3 is 5.32 Å². The fourth-order valence-electron chi connectivity index (χ4n) is 2.81. The number of Topliss-reactive ketones (excluding diaryl/α,β-unsaturated/α-hetero) is 1. The third kappa shape index (κ3) is 3.16. The van der Waals surface area contributed by atoms with Crippen LogP contribution in [-0.2, 0) is 10.3 Å². The molecule has 1 heterocycles. The molecule has 0 aromatic heterocycles. The SMILES string of the molecule is C[C@]1(c2cc(F)ccc2F)NC(=O)N(CC(=O)c2ccc(F)c(F)c2)C1=O. The van der Waals surface area contributed by atoms with Crippen LogP contribution in [0.5, 0.6) is 0 Å². The summed E-state index contributed by atoms with van der Waals surface area (Å²) in [6.07, 6.45) is 0. The molecule has 0 radical (unpaired) electrons. The van der Waals surface area contributed by atoms with Crippen molar-refractivity contribution >= 4 is 17.7 Å². The molecule has 3 rings (SSSR count). The topological polar surface area (TPSA) is 66.5 Å². The largest absolute Gasteiger partial charge is 0.325 e.